The van der Waals surface area contributed by atoms with Gasteiger partial charge in [0.05, 0.1) is 32.5 Å². The number of unbranched alkanes of at least 4 members (excludes halogenated alkanes) is 1. The van der Waals surface area contributed by atoms with Gasteiger partial charge >= 0.3 is 0 Å². The first-order valence-corrected chi connectivity index (χ1v) is 12.9. The van der Waals surface area contributed by atoms with Crippen molar-refractivity contribution in [2.24, 2.45) is 11.8 Å². The van der Waals surface area contributed by atoms with E-state index in [0.717, 1.165) is 18.8 Å². The van der Waals surface area contributed by atoms with Crippen LogP contribution >= 0.6 is 0 Å². The van der Waals surface area contributed by atoms with Crippen LogP contribution in [0.1, 0.15) is 105 Å². The van der Waals surface area contributed by atoms with Gasteiger partial charge in [0, 0.05) is 0 Å². The van der Waals surface area contributed by atoms with Crippen molar-refractivity contribution in [2.75, 3.05) is 20.3 Å². The van der Waals surface area contributed by atoms with E-state index in [1.165, 1.54) is 65.4 Å². The molecule has 2 rings (SSSR count). The highest BCUT2D eigenvalue weighted by atomic mass is 19.2. The molecule has 0 N–H and O–H groups in total. The number of hydrogen-bond donors (Lipinski definition) is 0. The maximum absolute atomic E-state index is 14.3. The molecule has 0 amide bonds. The Labute approximate surface area is 196 Å². The first-order chi connectivity index (χ1) is 15.4. The minimum Gasteiger partial charge on any atom is -0.498 e. The Hall–Kier alpha value is -0.940. The number of rotatable bonds is 10. The van der Waals surface area contributed by atoms with Gasteiger partial charge in [-0.1, -0.05) is 66.2 Å². The van der Waals surface area contributed by atoms with E-state index in [2.05, 4.69) is 20.8 Å². The number of halogens is 2. The molecule has 0 aromatic rings. The molecule has 1 aliphatic carbocycles. The molecule has 2 fully saturated rings. The van der Waals surface area contributed by atoms with Crippen LogP contribution in [0.3, 0.4) is 0 Å². The van der Waals surface area contributed by atoms with Crippen molar-refractivity contribution in [3.05, 3.63) is 23.0 Å². The second kappa shape index (κ2) is 16.6. The molecule has 2 aliphatic rings. The van der Waals surface area contributed by atoms with Crippen LogP contribution < -0.4 is 0 Å². The fourth-order valence-corrected chi connectivity index (χ4v) is 4.53. The Bertz CT molecular complexity index is 557. The number of allylic oxidation sites excluding steroid dienone is 3. The largest absolute Gasteiger partial charge is 0.498 e. The second-order valence-electron chi connectivity index (χ2n) is 9.36. The highest BCUT2D eigenvalue weighted by Gasteiger charge is 2.32. The zero-order valence-electron chi connectivity index (χ0n) is 21.5. The molecule has 1 heterocycles. The average molecular weight is 459 g/mol. The van der Waals surface area contributed by atoms with Crippen molar-refractivity contribution < 1.29 is 23.0 Å². The monoisotopic (exact) mass is 458 g/mol. The first-order valence-electron chi connectivity index (χ1n) is 12.9. The third-order valence-corrected chi connectivity index (χ3v) is 6.69. The maximum Gasteiger partial charge on any atom is 0.196 e. The van der Waals surface area contributed by atoms with Gasteiger partial charge in [-0.3, -0.25) is 0 Å². The van der Waals surface area contributed by atoms with E-state index in [1.807, 2.05) is 0 Å². The molecule has 2 unspecified atom stereocenters. The van der Waals surface area contributed by atoms with Gasteiger partial charge in [-0.05, 0) is 56.4 Å². The van der Waals surface area contributed by atoms with Gasteiger partial charge in [0.15, 0.2) is 11.7 Å². The van der Waals surface area contributed by atoms with E-state index in [1.54, 1.807) is 6.92 Å². The summed E-state index contributed by atoms with van der Waals surface area (Å²) < 4.78 is 45.1. The zero-order chi connectivity index (χ0) is 23.9. The third kappa shape index (κ3) is 9.91. The molecule has 0 aromatic heterocycles. The predicted molar refractivity (Wildman–Crippen MR) is 129 cm³/mol. The first kappa shape index (κ1) is 29.1. The van der Waals surface area contributed by atoms with Crippen molar-refractivity contribution in [1.82, 2.24) is 0 Å². The lowest BCUT2D eigenvalue weighted by molar-refractivity contribution is -0.105. The summed E-state index contributed by atoms with van der Waals surface area (Å²) in [4.78, 5) is 0. The summed E-state index contributed by atoms with van der Waals surface area (Å²) in [5.74, 6) is -0.268. The topological polar surface area (TPSA) is 27.7 Å². The van der Waals surface area contributed by atoms with Gasteiger partial charge in [-0.2, -0.15) is 0 Å². The highest BCUT2D eigenvalue weighted by molar-refractivity contribution is 5.27. The Morgan fingerprint density at radius 2 is 1.59 bits per heavy atom. The van der Waals surface area contributed by atoms with E-state index >= 15 is 0 Å². The number of methoxy groups -OCH3 is 1. The predicted octanol–water partition coefficient (Wildman–Crippen LogP) is 8.44. The van der Waals surface area contributed by atoms with Crippen LogP contribution in [-0.2, 0) is 14.2 Å². The van der Waals surface area contributed by atoms with Crippen molar-refractivity contribution in [1.29, 1.82) is 0 Å². The molecule has 0 bridgehead atoms. The van der Waals surface area contributed by atoms with Crippen molar-refractivity contribution >= 4 is 0 Å². The van der Waals surface area contributed by atoms with Gasteiger partial charge in [-0.25, -0.2) is 8.78 Å². The molecule has 0 radical (unpaired) electrons. The second-order valence-corrected chi connectivity index (χ2v) is 9.36. The molecule has 0 spiro atoms. The summed E-state index contributed by atoms with van der Waals surface area (Å²) in [6.07, 6.45) is 13.1. The molecule has 188 valence electrons. The zero-order valence-corrected chi connectivity index (χ0v) is 21.5. The standard InChI is InChI=1S/C24H40F2O3.C3H8/c1-5-7-8-18-9-11-20(12-10-18)22-14-13-21(16-29-22)28-15-19(6-2)24(26)23(25)17(3)27-4;1-3-2/h18,20-22H,5-16H2,1-4H3;3H2,1-2H3/b23-17-,24-19-;. The Morgan fingerprint density at radius 1 is 0.938 bits per heavy atom. The van der Waals surface area contributed by atoms with Gasteiger partial charge in [0.2, 0.25) is 0 Å². The van der Waals surface area contributed by atoms with Gasteiger partial charge in [-0.15, -0.1) is 0 Å². The van der Waals surface area contributed by atoms with Gasteiger partial charge < -0.3 is 14.2 Å². The van der Waals surface area contributed by atoms with E-state index in [4.69, 9.17) is 14.2 Å². The lowest BCUT2D eigenvalue weighted by atomic mass is 9.76. The van der Waals surface area contributed by atoms with Crippen molar-refractivity contribution in [3.63, 3.8) is 0 Å². The van der Waals surface area contributed by atoms with Crippen LogP contribution in [0.5, 0.6) is 0 Å². The molecular formula is C27H48F2O3. The Morgan fingerprint density at radius 3 is 2.09 bits per heavy atom. The number of hydrogen-bond acceptors (Lipinski definition) is 3. The average Bonchev–Trinajstić information content (AvgIpc) is 2.83. The lowest BCUT2D eigenvalue weighted by Gasteiger charge is -2.37. The van der Waals surface area contributed by atoms with E-state index in [-0.39, 0.29) is 18.5 Å². The third-order valence-electron chi connectivity index (χ3n) is 6.69. The van der Waals surface area contributed by atoms with Gasteiger partial charge in [0.25, 0.3) is 0 Å². The summed E-state index contributed by atoms with van der Waals surface area (Å²) in [5, 5.41) is 0. The fraction of sp³-hybridized carbons (Fsp3) is 0.852. The van der Waals surface area contributed by atoms with Crippen LogP contribution in [0.2, 0.25) is 0 Å². The minimum absolute atomic E-state index is 0.0444. The van der Waals surface area contributed by atoms with E-state index in [0.29, 0.717) is 30.6 Å². The molecule has 2 atom stereocenters. The smallest absolute Gasteiger partial charge is 0.196 e. The molecular weight excluding hydrogens is 410 g/mol. The summed E-state index contributed by atoms with van der Waals surface area (Å²) >= 11 is 0. The quantitative estimate of drug-likeness (QED) is 0.243. The van der Waals surface area contributed by atoms with Gasteiger partial charge in [0.1, 0.15) is 5.76 Å². The summed E-state index contributed by atoms with van der Waals surface area (Å²) in [6.45, 7) is 10.4. The normalized spacial score (nSPS) is 27.6. The van der Waals surface area contributed by atoms with Crippen LogP contribution in [-0.4, -0.2) is 32.5 Å². The van der Waals surface area contributed by atoms with Crippen LogP contribution in [0.25, 0.3) is 0 Å². The van der Waals surface area contributed by atoms with E-state index < -0.39 is 11.7 Å². The van der Waals surface area contributed by atoms with Crippen LogP contribution in [0, 0.1) is 11.8 Å². The molecule has 0 aromatic carbocycles. The number of ether oxygens (including phenoxy) is 3. The lowest BCUT2D eigenvalue weighted by Crippen LogP contribution is -2.37. The highest BCUT2D eigenvalue weighted by Crippen LogP contribution is 2.37. The summed E-state index contributed by atoms with van der Waals surface area (Å²) in [7, 11) is 1.33. The Balaban J connectivity index is 0.00000161. The minimum atomic E-state index is -0.942. The SMILES string of the molecule is CCC.CCCCC1CCC(C2CCC(OC/C(CC)=C(F)/C(F)=C(\C)OC)CO2)CC1. The van der Waals surface area contributed by atoms with Crippen LogP contribution in [0.15, 0.2) is 23.0 Å². The summed E-state index contributed by atoms with van der Waals surface area (Å²) in [5.41, 5.74) is 0.325. The Kier molecular flexibility index (Phi) is 15.1. The maximum atomic E-state index is 14.3. The molecule has 32 heavy (non-hydrogen) atoms. The molecule has 1 aliphatic heterocycles. The molecule has 5 heteroatoms. The van der Waals surface area contributed by atoms with E-state index in [9.17, 15) is 8.78 Å². The summed E-state index contributed by atoms with van der Waals surface area (Å²) in [6, 6.07) is 0. The fourth-order valence-electron chi connectivity index (χ4n) is 4.53. The molecule has 1 saturated heterocycles. The van der Waals surface area contributed by atoms with Crippen molar-refractivity contribution in [2.45, 2.75) is 117 Å². The molecule has 1 saturated carbocycles. The van der Waals surface area contributed by atoms with Crippen LogP contribution in [0.4, 0.5) is 8.78 Å². The van der Waals surface area contributed by atoms with Crippen molar-refractivity contribution in [3.8, 4) is 0 Å². The molecule has 3 nitrogen and oxygen atoms in total.